The van der Waals surface area contributed by atoms with E-state index in [2.05, 4.69) is 47.7 Å². The number of anilines is 1. The van der Waals surface area contributed by atoms with Crippen molar-refractivity contribution in [2.24, 2.45) is 0 Å². The number of thiazole rings is 1. The zero-order chi connectivity index (χ0) is 19.5. The third-order valence-corrected chi connectivity index (χ3v) is 5.32. The van der Waals surface area contributed by atoms with Gasteiger partial charge in [-0.15, -0.1) is 0 Å². The molecule has 1 aromatic heterocycles. The molecule has 1 aromatic carbocycles. The maximum atomic E-state index is 12.5. The number of amides is 1. The first kappa shape index (κ1) is 20.9. The smallest absolute Gasteiger partial charge is 0.263 e. The van der Waals surface area contributed by atoms with Crippen molar-refractivity contribution < 1.29 is 4.79 Å². The lowest BCUT2D eigenvalue weighted by molar-refractivity contribution is 0.0954. The number of nitrogens with one attached hydrogen (secondary N) is 2. The quantitative estimate of drug-likeness (QED) is 0.534. The molecule has 1 heterocycles. The SMILES string of the molecule is C/C=C(\CC/C=C\CC)CNc1nc(C)c(C(=O)NCc2ccccc2)s1. The van der Waals surface area contributed by atoms with Crippen LogP contribution in [0.15, 0.2) is 54.1 Å². The minimum atomic E-state index is -0.0714. The predicted octanol–water partition coefficient (Wildman–Crippen LogP) is 5.49. The van der Waals surface area contributed by atoms with Crippen LogP contribution in [0.5, 0.6) is 0 Å². The number of hydrogen-bond donors (Lipinski definition) is 2. The fraction of sp³-hybridized carbons (Fsp3) is 0.364. The average molecular weight is 384 g/mol. The minimum Gasteiger partial charge on any atom is -0.358 e. The molecule has 0 aliphatic heterocycles. The minimum absolute atomic E-state index is 0.0714. The van der Waals surface area contributed by atoms with Crippen LogP contribution in [0.3, 0.4) is 0 Å². The summed E-state index contributed by atoms with van der Waals surface area (Å²) >= 11 is 1.41. The first-order chi connectivity index (χ1) is 13.1. The number of hydrogen-bond acceptors (Lipinski definition) is 4. The number of benzene rings is 1. The Bertz CT molecular complexity index is 778. The van der Waals surface area contributed by atoms with Gasteiger partial charge in [-0.3, -0.25) is 4.79 Å². The third-order valence-electron chi connectivity index (χ3n) is 4.21. The molecule has 0 aliphatic rings. The van der Waals surface area contributed by atoms with Crippen LogP contribution in [0.1, 0.15) is 54.0 Å². The van der Waals surface area contributed by atoms with E-state index in [1.807, 2.05) is 37.3 Å². The van der Waals surface area contributed by atoms with Gasteiger partial charge >= 0.3 is 0 Å². The highest BCUT2D eigenvalue weighted by Gasteiger charge is 2.15. The largest absolute Gasteiger partial charge is 0.358 e. The van der Waals surface area contributed by atoms with Gasteiger partial charge in [0.05, 0.1) is 5.69 Å². The molecule has 1 amide bonds. The second-order valence-corrected chi connectivity index (χ2v) is 7.32. The molecule has 0 aliphatic carbocycles. The molecule has 2 N–H and O–H groups in total. The lowest BCUT2D eigenvalue weighted by Gasteiger charge is -2.06. The summed E-state index contributed by atoms with van der Waals surface area (Å²) in [5.74, 6) is -0.0714. The molecule has 2 rings (SSSR count). The molecule has 0 unspecified atom stereocenters. The summed E-state index contributed by atoms with van der Waals surface area (Å²) < 4.78 is 0. The molecule has 0 fully saturated rings. The summed E-state index contributed by atoms with van der Waals surface area (Å²) in [7, 11) is 0. The van der Waals surface area contributed by atoms with E-state index in [0.717, 1.165) is 42.2 Å². The zero-order valence-electron chi connectivity index (χ0n) is 16.4. The number of allylic oxidation sites excluding steroid dienone is 3. The molecule has 0 spiro atoms. The van der Waals surface area contributed by atoms with Crippen molar-refractivity contribution in [1.29, 1.82) is 0 Å². The zero-order valence-corrected chi connectivity index (χ0v) is 17.2. The molecule has 0 radical (unpaired) electrons. The molecule has 2 aromatic rings. The normalized spacial score (nSPS) is 11.7. The van der Waals surface area contributed by atoms with Crippen molar-refractivity contribution in [3.63, 3.8) is 0 Å². The van der Waals surface area contributed by atoms with E-state index in [1.165, 1.54) is 16.9 Å². The summed E-state index contributed by atoms with van der Waals surface area (Å²) in [6, 6.07) is 9.91. The van der Waals surface area contributed by atoms with E-state index in [0.29, 0.717) is 11.4 Å². The average Bonchev–Trinajstić information content (AvgIpc) is 3.07. The van der Waals surface area contributed by atoms with Gasteiger partial charge < -0.3 is 10.6 Å². The monoisotopic (exact) mass is 383 g/mol. The number of aryl methyl sites for hydroxylation is 1. The van der Waals surface area contributed by atoms with Crippen molar-refractivity contribution in [3.05, 3.63) is 70.3 Å². The Morgan fingerprint density at radius 3 is 2.70 bits per heavy atom. The van der Waals surface area contributed by atoms with Crippen LogP contribution in [0.4, 0.5) is 5.13 Å². The summed E-state index contributed by atoms with van der Waals surface area (Å²) in [4.78, 5) is 17.6. The standard InChI is InChI=1S/C22H29N3OS/c1-4-6-7-9-12-18(5-2)15-24-22-25-17(3)20(27-22)21(26)23-16-19-13-10-8-11-14-19/h5-8,10-11,13-14H,4,9,12,15-16H2,1-3H3,(H,23,26)(H,24,25)/b7-6-,18-5+. The molecule has 0 saturated carbocycles. The van der Waals surface area contributed by atoms with Gasteiger partial charge in [0.1, 0.15) is 4.88 Å². The molecule has 27 heavy (non-hydrogen) atoms. The van der Waals surface area contributed by atoms with Gasteiger partial charge in [-0.2, -0.15) is 0 Å². The highest BCUT2D eigenvalue weighted by molar-refractivity contribution is 7.17. The first-order valence-electron chi connectivity index (χ1n) is 9.46. The molecule has 4 nitrogen and oxygen atoms in total. The van der Waals surface area contributed by atoms with Crippen LogP contribution in [0.2, 0.25) is 0 Å². The van der Waals surface area contributed by atoms with Gasteiger partial charge in [-0.05, 0) is 38.7 Å². The van der Waals surface area contributed by atoms with Crippen LogP contribution in [0.25, 0.3) is 0 Å². The molecule has 5 heteroatoms. The van der Waals surface area contributed by atoms with Gasteiger partial charge in [0.2, 0.25) is 0 Å². The highest BCUT2D eigenvalue weighted by atomic mass is 32.1. The van der Waals surface area contributed by atoms with E-state index < -0.39 is 0 Å². The summed E-state index contributed by atoms with van der Waals surface area (Å²) in [5, 5.41) is 7.12. The van der Waals surface area contributed by atoms with Gasteiger partial charge in [0.25, 0.3) is 5.91 Å². The van der Waals surface area contributed by atoms with Crippen LogP contribution in [0, 0.1) is 6.92 Å². The Kier molecular flexibility index (Phi) is 8.78. The highest BCUT2D eigenvalue weighted by Crippen LogP contribution is 2.23. The number of aromatic nitrogens is 1. The Morgan fingerprint density at radius 1 is 1.22 bits per heavy atom. The van der Waals surface area contributed by atoms with Gasteiger partial charge in [0.15, 0.2) is 5.13 Å². The summed E-state index contributed by atoms with van der Waals surface area (Å²) in [6.45, 7) is 7.37. The van der Waals surface area contributed by atoms with E-state index in [1.54, 1.807) is 0 Å². The fourth-order valence-corrected chi connectivity index (χ4v) is 3.50. The van der Waals surface area contributed by atoms with Crippen LogP contribution in [-0.2, 0) is 6.54 Å². The van der Waals surface area contributed by atoms with Crippen LogP contribution < -0.4 is 10.6 Å². The van der Waals surface area contributed by atoms with E-state index in [-0.39, 0.29) is 5.91 Å². The molecule has 0 atom stereocenters. The van der Waals surface area contributed by atoms with Crippen molar-refractivity contribution in [2.45, 2.75) is 46.6 Å². The molecule has 144 valence electrons. The number of nitrogens with zero attached hydrogens (tertiary/aromatic N) is 1. The summed E-state index contributed by atoms with van der Waals surface area (Å²) in [6.07, 6.45) is 9.75. The molecular weight excluding hydrogens is 354 g/mol. The lowest BCUT2D eigenvalue weighted by Crippen LogP contribution is -2.22. The predicted molar refractivity (Wildman–Crippen MR) is 115 cm³/mol. The Labute approximate surface area is 166 Å². The molecule has 0 bridgehead atoms. The fourth-order valence-electron chi connectivity index (χ4n) is 2.62. The maximum Gasteiger partial charge on any atom is 0.263 e. The van der Waals surface area contributed by atoms with Gasteiger partial charge in [-0.1, -0.05) is 72.4 Å². The Balaban J connectivity index is 1.87. The maximum absolute atomic E-state index is 12.5. The number of carbonyl (C=O) groups is 1. The number of rotatable bonds is 10. The Morgan fingerprint density at radius 2 is 2.00 bits per heavy atom. The van der Waals surface area contributed by atoms with E-state index in [9.17, 15) is 4.79 Å². The van der Waals surface area contributed by atoms with E-state index in [4.69, 9.17) is 0 Å². The van der Waals surface area contributed by atoms with Crippen molar-refractivity contribution in [3.8, 4) is 0 Å². The lowest BCUT2D eigenvalue weighted by atomic mass is 10.1. The topological polar surface area (TPSA) is 54.0 Å². The van der Waals surface area contributed by atoms with Crippen molar-refractivity contribution in [1.82, 2.24) is 10.3 Å². The van der Waals surface area contributed by atoms with Gasteiger partial charge in [0, 0.05) is 13.1 Å². The second-order valence-electron chi connectivity index (χ2n) is 6.32. The summed E-state index contributed by atoms with van der Waals surface area (Å²) in [5.41, 5.74) is 3.20. The van der Waals surface area contributed by atoms with Crippen LogP contribution >= 0.6 is 11.3 Å². The van der Waals surface area contributed by atoms with Crippen LogP contribution in [-0.4, -0.2) is 17.4 Å². The van der Waals surface area contributed by atoms with Crippen molar-refractivity contribution >= 4 is 22.4 Å². The van der Waals surface area contributed by atoms with E-state index >= 15 is 0 Å². The van der Waals surface area contributed by atoms with Gasteiger partial charge in [-0.25, -0.2) is 4.98 Å². The number of carbonyl (C=O) groups excluding carboxylic acids is 1. The third kappa shape index (κ3) is 7.02. The van der Waals surface area contributed by atoms with Crippen molar-refractivity contribution in [2.75, 3.05) is 11.9 Å². The molecule has 0 saturated heterocycles. The molecular formula is C22H29N3OS. The Hall–Kier alpha value is -2.40. The second kappa shape index (κ2) is 11.3. The first-order valence-corrected chi connectivity index (χ1v) is 10.3.